The predicted molar refractivity (Wildman–Crippen MR) is 125 cm³/mol. The second kappa shape index (κ2) is 7.05. The number of imidazole rings is 1. The largest absolute Gasteiger partial charge is 0.350 e. The molecule has 1 atom stereocenters. The van der Waals surface area contributed by atoms with Crippen molar-refractivity contribution >= 4 is 17.0 Å². The Morgan fingerprint density at radius 2 is 1.76 bits per heavy atom. The first-order valence-electron chi connectivity index (χ1n) is 10.7. The summed E-state index contributed by atoms with van der Waals surface area (Å²) in [5, 5.41) is 3.80. The first-order chi connectivity index (χ1) is 13.7. The molecule has 1 unspecified atom stereocenters. The lowest BCUT2D eigenvalue weighted by Gasteiger charge is -2.27. The summed E-state index contributed by atoms with van der Waals surface area (Å²) in [6, 6.07) is 11.5. The highest BCUT2D eigenvalue weighted by molar-refractivity contribution is 5.95. The minimum atomic E-state index is 0.0357. The van der Waals surface area contributed by atoms with Crippen molar-refractivity contribution in [3.63, 3.8) is 0 Å². The third kappa shape index (κ3) is 3.48. The van der Waals surface area contributed by atoms with Crippen molar-refractivity contribution in [2.24, 2.45) is 0 Å². The highest BCUT2D eigenvalue weighted by Gasteiger charge is 2.30. The molecule has 3 heteroatoms. The van der Waals surface area contributed by atoms with Gasteiger partial charge < -0.3 is 9.88 Å². The fourth-order valence-corrected chi connectivity index (χ4v) is 5.06. The maximum atomic E-state index is 5.18. The third-order valence-corrected chi connectivity index (χ3v) is 6.17. The van der Waals surface area contributed by atoms with E-state index < -0.39 is 0 Å². The van der Waals surface area contributed by atoms with Crippen molar-refractivity contribution in [2.75, 3.05) is 5.32 Å². The van der Waals surface area contributed by atoms with Crippen molar-refractivity contribution in [1.82, 2.24) is 9.55 Å². The van der Waals surface area contributed by atoms with Gasteiger partial charge in [0.2, 0.25) is 5.95 Å². The highest BCUT2D eigenvalue weighted by Crippen LogP contribution is 2.38. The Bertz CT molecular complexity index is 1090. The molecule has 29 heavy (non-hydrogen) atoms. The Morgan fingerprint density at radius 3 is 2.34 bits per heavy atom. The number of hydrogen-bond donors (Lipinski definition) is 1. The monoisotopic (exact) mass is 387 g/mol. The summed E-state index contributed by atoms with van der Waals surface area (Å²) in [6.07, 6.45) is 4.46. The Balaban J connectivity index is 1.90. The van der Waals surface area contributed by atoms with Crippen LogP contribution in [0.3, 0.4) is 0 Å². The predicted octanol–water partition coefficient (Wildman–Crippen LogP) is 7.12. The van der Waals surface area contributed by atoms with Crippen LogP contribution in [0.25, 0.3) is 22.2 Å². The molecule has 1 aliphatic carbocycles. The average molecular weight is 388 g/mol. The van der Waals surface area contributed by atoms with Gasteiger partial charge in [0, 0.05) is 17.1 Å². The SMILES string of the molecule is CC1=CCC(C)(Nc2nc3c(-c4c(C)cc(C)cc4C)cccc3n2C(C)C)C1. The summed E-state index contributed by atoms with van der Waals surface area (Å²) in [6.45, 7) is 15.6. The molecule has 1 aromatic heterocycles. The average Bonchev–Trinajstić information content (AvgIpc) is 3.13. The van der Waals surface area contributed by atoms with E-state index in [4.69, 9.17) is 4.98 Å². The van der Waals surface area contributed by atoms with Crippen LogP contribution in [0.4, 0.5) is 5.95 Å². The van der Waals surface area contributed by atoms with E-state index >= 15 is 0 Å². The minimum absolute atomic E-state index is 0.0357. The molecule has 152 valence electrons. The number of nitrogens with one attached hydrogen (secondary N) is 1. The number of aromatic nitrogens is 2. The van der Waals surface area contributed by atoms with Crippen LogP contribution in [0.5, 0.6) is 0 Å². The Morgan fingerprint density at radius 1 is 1.07 bits per heavy atom. The zero-order valence-electron chi connectivity index (χ0n) is 18.9. The van der Waals surface area contributed by atoms with Gasteiger partial charge in [-0.1, -0.05) is 41.5 Å². The van der Waals surface area contributed by atoms with Gasteiger partial charge in [0.1, 0.15) is 0 Å². The van der Waals surface area contributed by atoms with E-state index in [9.17, 15) is 0 Å². The Kier molecular flexibility index (Phi) is 4.80. The fourth-order valence-electron chi connectivity index (χ4n) is 5.06. The molecule has 0 fully saturated rings. The van der Waals surface area contributed by atoms with E-state index in [1.54, 1.807) is 0 Å². The molecule has 2 aromatic carbocycles. The molecular formula is C26H33N3. The maximum absolute atomic E-state index is 5.18. The molecule has 0 bridgehead atoms. The molecule has 0 aliphatic heterocycles. The van der Waals surface area contributed by atoms with E-state index in [1.807, 2.05) is 0 Å². The third-order valence-electron chi connectivity index (χ3n) is 6.17. The molecule has 1 heterocycles. The highest BCUT2D eigenvalue weighted by atomic mass is 15.2. The lowest BCUT2D eigenvalue weighted by Crippen LogP contribution is -2.33. The number of aryl methyl sites for hydroxylation is 3. The van der Waals surface area contributed by atoms with Gasteiger partial charge in [-0.3, -0.25) is 0 Å². The van der Waals surface area contributed by atoms with Crippen LogP contribution in [0, 0.1) is 20.8 Å². The molecule has 4 rings (SSSR count). The standard InChI is InChI=1S/C26H33N3/c1-16(2)29-22-10-8-9-21(23-19(5)13-18(4)14-20(23)6)24(22)27-25(29)28-26(7)12-11-17(3)15-26/h8-11,13-14,16H,12,15H2,1-7H3,(H,27,28). The van der Waals surface area contributed by atoms with E-state index in [0.29, 0.717) is 6.04 Å². The van der Waals surface area contributed by atoms with Crippen LogP contribution in [-0.4, -0.2) is 15.1 Å². The van der Waals surface area contributed by atoms with Gasteiger partial charge in [0.15, 0.2) is 0 Å². The lowest BCUT2D eigenvalue weighted by atomic mass is 9.93. The van der Waals surface area contributed by atoms with Gasteiger partial charge in [0.25, 0.3) is 0 Å². The second-order valence-corrected chi connectivity index (χ2v) is 9.46. The number of anilines is 1. The smallest absolute Gasteiger partial charge is 0.204 e. The first kappa shape index (κ1) is 19.8. The van der Waals surface area contributed by atoms with Crippen LogP contribution in [-0.2, 0) is 0 Å². The summed E-state index contributed by atoms with van der Waals surface area (Å²) in [5.74, 6) is 0.982. The molecule has 0 radical (unpaired) electrons. The van der Waals surface area contributed by atoms with Crippen molar-refractivity contribution in [3.8, 4) is 11.1 Å². The van der Waals surface area contributed by atoms with Crippen LogP contribution in [0.15, 0.2) is 42.0 Å². The van der Waals surface area contributed by atoms with Gasteiger partial charge in [-0.05, 0) is 84.1 Å². The summed E-state index contributed by atoms with van der Waals surface area (Å²) >= 11 is 0. The fraction of sp³-hybridized carbons (Fsp3) is 0.423. The summed E-state index contributed by atoms with van der Waals surface area (Å²) in [7, 11) is 0. The summed E-state index contributed by atoms with van der Waals surface area (Å²) in [5.41, 5.74) is 10.2. The number of fused-ring (bicyclic) bond motifs is 1. The topological polar surface area (TPSA) is 29.9 Å². The number of benzene rings is 2. The summed E-state index contributed by atoms with van der Waals surface area (Å²) in [4.78, 5) is 5.18. The molecule has 1 N–H and O–H groups in total. The molecular weight excluding hydrogens is 354 g/mol. The first-order valence-corrected chi connectivity index (χ1v) is 10.7. The van der Waals surface area contributed by atoms with Crippen LogP contribution >= 0.6 is 0 Å². The molecule has 0 amide bonds. The quantitative estimate of drug-likeness (QED) is 0.483. The van der Waals surface area contributed by atoms with E-state index in [1.165, 1.54) is 38.9 Å². The molecule has 3 aromatic rings. The zero-order valence-corrected chi connectivity index (χ0v) is 18.9. The number of hydrogen-bond acceptors (Lipinski definition) is 2. The van der Waals surface area contributed by atoms with E-state index in [2.05, 4.69) is 94.8 Å². The molecule has 1 aliphatic rings. The molecule has 3 nitrogen and oxygen atoms in total. The van der Waals surface area contributed by atoms with Crippen molar-refractivity contribution < 1.29 is 0 Å². The minimum Gasteiger partial charge on any atom is -0.350 e. The number of rotatable bonds is 4. The van der Waals surface area contributed by atoms with Crippen LogP contribution in [0.1, 0.15) is 63.3 Å². The van der Waals surface area contributed by atoms with Gasteiger partial charge in [-0.15, -0.1) is 0 Å². The van der Waals surface area contributed by atoms with Crippen molar-refractivity contribution in [2.45, 2.75) is 72.9 Å². The van der Waals surface area contributed by atoms with Gasteiger partial charge >= 0.3 is 0 Å². The van der Waals surface area contributed by atoms with E-state index in [0.717, 1.165) is 24.3 Å². The molecule has 0 spiro atoms. The number of para-hydroxylation sites is 1. The Hall–Kier alpha value is -2.55. The zero-order chi connectivity index (χ0) is 20.9. The molecule has 0 saturated carbocycles. The van der Waals surface area contributed by atoms with Gasteiger partial charge in [0.05, 0.1) is 11.0 Å². The normalized spacial score (nSPS) is 19.2. The maximum Gasteiger partial charge on any atom is 0.204 e. The van der Waals surface area contributed by atoms with Crippen LogP contribution in [0.2, 0.25) is 0 Å². The summed E-state index contributed by atoms with van der Waals surface area (Å²) < 4.78 is 2.36. The van der Waals surface area contributed by atoms with Crippen LogP contribution < -0.4 is 5.32 Å². The lowest BCUT2D eigenvalue weighted by molar-refractivity contribution is 0.526. The number of nitrogens with zero attached hydrogens (tertiary/aromatic N) is 2. The van der Waals surface area contributed by atoms with Crippen molar-refractivity contribution in [1.29, 1.82) is 0 Å². The second-order valence-electron chi connectivity index (χ2n) is 9.46. The Labute approximate surface area is 174 Å². The van der Waals surface area contributed by atoms with Gasteiger partial charge in [-0.2, -0.15) is 0 Å². The van der Waals surface area contributed by atoms with Crippen molar-refractivity contribution in [3.05, 3.63) is 58.7 Å². The molecule has 0 saturated heterocycles. The van der Waals surface area contributed by atoms with Gasteiger partial charge in [-0.25, -0.2) is 4.98 Å². The van der Waals surface area contributed by atoms with E-state index in [-0.39, 0.29) is 5.54 Å².